The normalized spacial score (nSPS) is 17.4. The van der Waals surface area contributed by atoms with E-state index in [1.807, 2.05) is 6.92 Å². The number of aliphatic hydroxyl groups excluding tert-OH is 1. The van der Waals surface area contributed by atoms with Gasteiger partial charge >= 0.3 is 0 Å². The van der Waals surface area contributed by atoms with Gasteiger partial charge in [0.25, 0.3) is 0 Å². The molecule has 0 aromatic rings. The van der Waals surface area contributed by atoms with Crippen molar-refractivity contribution < 1.29 is 5.11 Å². The van der Waals surface area contributed by atoms with E-state index in [0.29, 0.717) is 5.92 Å². The number of aliphatic hydroxyl groups is 1. The van der Waals surface area contributed by atoms with Gasteiger partial charge in [-0.2, -0.15) is 0 Å². The fraction of sp³-hybridized carbons (Fsp3) is 1.00. The minimum absolute atomic E-state index is 0.140. The molecule has 0 aromatic carbocycles. The Bertz CT molecular complexity index is 76.8. The van der Waals surface area contributed by atoms with Crippen LogP contribution < -0.4 is 0 Å². The predicted molar refractivity (Wildman–Crippen MR) is 44.9 cm³/mol. The van der Waals surface area contributed by atoms with Gasteiger partial charge in [-0.3, -0.25) is 0 Å². The molecule has 2 unspecified atom stereocenters. The molecular weight excluding hydrogens is 124 g/mol. The molecule has 0 bridgehead atoms. The monoisotopic (exact) mass is 144 g/mol. The molecule has 0 aliphatic heterocycles. The van der Waals surface area contributed by atoms with Crippen molar-refractivity contribution in [3.05, 3.63) is 0 Å². The highest BCUT2D eigenvalue weighted by Gasteiger charge is 2.08. The first-order valence-electron chi connectivity index (χ1n) is 4.22. The van der Waals surface area contributed by atoms with Crippen LogP contribution >= 0.6 is 0 Å². The van der Waals surface area contributed by atoms with E-state index in [1.54, 1.807) is 0 Å². The Hall–Kier alpha value is -0.0400. The van der Waals surface area contributed by atoms with Crippen molar-refractivity contribution in [1.82, 2.24) is 0 Å². The highest BCUT2D eigenvalue weighted by molar-refractivity contribution is 4.59. The van der Waals surface area contributed by atoms with Gasteiger partial charge in [-0.25, -0.2) is 0 Å². The van der Waals surface area contributed by atoms with Gasteiger partial charge < -0.3 is 5.11 Å². The van der Waals surface area contributed by atoms with Crippen molar-refractivity contribution in [1.29, 1.82) is 0 Å². The van der Waals surface area contributed by atoms with Crippen molar-refractivity contribution in [2.24, 2.45) is 11.8 Å². The lowest BCUT2D eigenvalue weighted by Crippen LogP contribution is -2.13. The van der Waals surface area contributed by atoms with Gasteiger partial charge in [0.15, 0.2) is 0 Å². The van der Waals surface area contributed by atoms with Crippen LogP contribution in [0.5, 0.6) is 0 Å². The zero-order valence-corrected chi connectivity index (χ0v) is 7.59. The summed E-state index contributed by atoms with van der Waals surface area (Å²) in [6, 6.07) is 0. The summed E-state index contributed by atoms with van der Waals surface area (Å²) in [5.41, 5.74) is 0. The lowest BCUT2D eigenvalue weighted by molar-refractivity contribution is 0.126. The van der Waals surface area contributed by atoms with E-state index in [9.17, 15) is 0 Å². The SMILES string of the molecule is CC(C)CCC(C)C(C)O. The van der Waals surface area contributed by atoms with Crippen molar-refractivity contribution in [3.8, 4) is 0 Å². The van der Waals surface area contributed by atoms with Gasteiger partial charge in [-0.15, -0.1) is 0 Å². The topological polar surface area (TPSA) is 20.2 Å². The van der Waals surface area contributed by atoms with E-state index in [-0.39, 0.29) is 6.10 Å². The molecule has 1 N–H and O–H groups in total. The first-order chi connectivity index (χ1) is 4.54. The van der Waals surface area contributed by atoms with Gasteiger partial charge in [-0.1, -0.05) is 27.2 Å². The summed E-state index contributed by atoms with van der Waals surface area (Å²) in [6.45, 7) is 8.40. The van der Waals surface area contributed by atoms with E-state index in [4.69, 9.17) is 5.11 Å². The molecule has 0 fully saturated rings. The van der Waals surface area contributed by atoms with Gasteiger partial charge in [0.1, 0.15) is 0 Å². The van der Waals surface area contributed by atoms with Crippen molar-refractivity contribution >= 4 is 0 Å². The number of hydrogen-bond acceptors (Lipinski definition) is 1. The van der Waals surface area contributed by atoms with E-state index in [1.165, 1.54) is 6.42 Å². The van der Waals surface area contributed by atoms with E-state index >= 15 is 0 Å². The molecule has 0 aliphatic rings. The van der Waals surface area contributed by atoms with Crippen LogP contribution in [0.1, 0.15) is 40.5 Å². The van der Waals surface area contributed by atoms with Crippen LogP contribution in [0.2, 0.25) is 0 Å². The first kappa shape index (κ1) is 9.96. The molecule has 0 aromatic heterocycles. The van der Waals surface area contributed by atoms with Crippen LogP contribution in [0.4, 0.5) is 0 Å². The van der Waals surface area contributed by atoms with Crippen LogP contribution in [-0.4, -0.2) is 11.2 Å². The summed E-state index contributed by atoms with van der Waals surface area (Å²) >= 11 is 0. The molecule has 0 spiro atoms. The molecule has 2 atom stereocenters. The zero-order chi connectivity index (χ0) is 8.15. The molecule has 0 saturated carbocycles. The van der Waals surface area contributed by atoms with Crippen LogP contribution in [0.3, 0.4) is 0 Å². The zero-order valence-electron chi connectivity index (χ0n) is 7.59. The standard InChI is InChI=1S/C9H20O/c1-7(2)5-6-8(3)9(4)10/h7-10H,5-6H2,1-4H3. The third kappa shape index (κ3) is 4.80. The van der Waals surface area contributed by atoms with Crippen LogP contribution in [0, 0.1) is 11.8 Å². The number of hydrogen-bond donors (Lipinski definition) is 1. The summed E-state index contributed by atoms with van der Waals surface area (Å²) in [4.78, 5) is 0. The molecule has 0 amide bonds. The van der Waals surface area contributed by atoms with E-state index in [0.717, 1.165) is 12.3 Å². The maximum Gasteiger partial charge on any atom is 0.0537 e. The Morgan fingerprint density at radius 2 is 1.50 bits per heavy atom. The second-order valence-corrected chi connectivity index (χ2v) is 3.69. The second-order valence-electron chi connectivity index (χ2n) is 3.69. The summed E-state index contributed by atoms with van der Waals surface area (Å²) in [6.07, 6.45) is 2.24. The summed E-state index contributed by atoms with van der Waals surface area (Å²) in [5.74, 6) is 1.23. The highest BCUT2D eigenvalue weighted by Crippen LogP contribution is 2.14. The van der Waals surface area contributed by atoms with Crippen molar-refractivity contribution in [2.45, 2.75) is 46.6 Å². The Labute approximate surface area is 64.5 Å². The van der Waals surface area contributed by atoms with Crippen molar-refractivity contribution in [2.75, 3.05) is 0 Å². The smallest absolute Gasteiger partial charge is 0.0537 e. The van der Waals surface area contributed by atoms with Crippen LogP contribution in [0.15, 0.2) is 0 Å². The van der Waals surface area contributed by atoms with Gasteiger partial charge in [-0.05, 0) is 25.2 Å². The minimum Gasteiger partial charge on any atom is -0.393 e. The Kier molecular flexibility index (Phi) is 4.71. The van der Waals surface area contributed by atoms with Gasteiger partial charge in [0.2, 0.25) is 0 Å². The van der Waals surface area contributed by atoms with Crippen molar-refractivity contribution in [3.63, 3.8) is 0 Å². The molecule has 0 saturated heterocycles. The number of rotatable bonds is 4. The highest BCUT2D eigenvalue weighted by atomic mass is 16.3. The largest absolute Gasteiger partial charge is 0.393 e. The third-order valence-corrected chi connectivity index (χ3v) is 2.02. The minimum atomic E-state index is -0.140. The third-order valence-electron chi connectivity index (χ3n) is 2.02. The average Bonchev–Trinajstić information content (AvgIpc) is 1.82. The molecule has 0 aliphatic carbocycles. The van der Waals surface area contributed by atoms with Gasteiger partial charge in [0, 0.05) is 0 Å². The maximum atomic E-state index is 9.13. The second kappa shape index (κ2) is 4.73. The molecule has 0 radical (unpaired) electrons. The fourth-order valence-electron chi connectivity index (χ4n) is 0.837. The Balaban J connectivity index is 3.30. The lowest BCUT2D eigenvalue weighted by atomic mass is 9.96. The summed E-state index contributed by atoms with van der Waals surface area (Å²) in [5, 5.41) is 9.13. The molecule has 10 heavy (non-hydrogen) atoms. The summed E-state index contributed by atoms with van der Waals surface area (Å²) < 4.78 is 0. The van der Waals surface area contributed by atoms with Gasteiger partial charge in [0.05, 0.1) is 6.10 Å². The van der Waals surface area contributed by atoms with E-state index in [2.05, 4.69) is 20.8 Å². The average molecular weight is 144 g/mol. The molecular formula is C9H20O. The predicted octanol–water partition coefficient (Wildman–Crippen LogP) is 2.44. The molecule has 0 rings (SSSR count). The molecule has 0 heterocycles. The first-order valence-corrected chi connectivity index (χ1v) is 4.22. The maximum absolute atomic E-state index is 9.13. The summed E-state index contributed by atoms with van der Waals surface area (Å²) in [7, 11) is 0. The fourth-order valence-corrected chi connectivity index (χ4v) is 0.837. The Morgan fingerprint density at radius 1 is 1.00 bits per heavy atom. The Morgan fingerprint density at radius 3 is 1.80 bits per heavy atom. The van der Waals surface area contributed by atoms with Crippen LogP contribution in [0.25, 0.3) is 0 Å². The van der Waals surface area contributed by atoms with Crippen LogP contribution in [-0.2, 0) is 0 Å². The molecule has 62 valence electrons. The van der Waals surface area contributed by atoms with E-state index < -0.39 is 0 Å². The molecule has 1 nitrogen and oxygen atoms in total. The lowest BCUT2D eigenvalue weighted by Gasteiger charge is -2.15. The molecule has 1 heteroatoms. The quantitative estimate of drug-likeness (QED) is 0.642.